The van der Waals surface area contributed by atoms with Crippen LogP contribution in [0.5, 0.6) is 11.5 Å². The lowest BCUT2D eigenvalue weighted by Gasteiger charge is -2.27. The summed E-state index contributed by atoms with van der Waals surface area (Å²) in [7, 11) is 0. The Morgan fingerprint density at radius 1 is 1.33 bits per heavy atom. The average molecular weight is 247 g/mol. The molecule has 0 aromatic heterocycles. The predicted molar refractivity (Wildman–Crippen MR) is 72.2 cm³/mol. The number of nitrogens with two attached hydrogens (primary N) is 1. The smallest absolute Gasteiger partial charge is 0.184 e. The van der Waals surface area contributed by atoms with E-state index in [2.05, 4.69) is 13.0 Å². The van der Waals surface area contributed by atoms with Gasteiger partial charge in [0.25, 0.3) is 0 Å². The molecule has 0 unspecified atom stereocenters. The van der Waals surface area contributed by atoms with Gasteiger partial charge in [0.2, 0.25) is 0 Å². The van der Waals surface area contributed by atoms with E-state index in [1.54, 1.807) is 0 Å². The molecule has 0 saturated heterocycles. The van der Waals surface area contributed by atoms with Crippen molar-refractivity contribution in [3.8, 4) is 11.5 Å². The van der Waals surface area contributed by atoms with Crippen LogP contribution in [0.1, 0.15) is 44.1 Å². The van der Waals surface area contributed by atoms with Crippen LogP contribution >= 0.6 is 0 Å². The van der Waals surface area contributed by atoms with Crippen molar-refractivity contribution in [1.29, 1.82) is 0 Å². The highest BCUT2D eigenvalue weighted by atomic mass is 16.5. The minimum atomic E-state index is 0.581. The van der Waals surface area contributed by atoms with E-state index in [-0.39, 0.29) is 0 Å². The van der Waals surface area contributed by atoms with Crippen LogP contribution < -0.4 is 15.2 Å². The largest absolute Gasteiger partial charge is 0.489 e. The van der Waals surface area contributed by atoms with Crippen molar-refractivity contribution in [3.05, 3.63) is 17.7 Å². The summed E-state index contributed by atoms with van der Waals surface area (Å²) in [4.78, 5) is 0. The van der Waals surface area contributed by atoms with Gasteiger partial charge >= 0.3 is 0 Å². The molecule has 1 fully saturated rings. The van der Waals surface area contributed by atoms with E-state index in [4.69, 9.17) is 15.2 Å². The van der Waals surface area contributed by atoms with Gasteiger partial charge in [-0.2, -0.15) is 0 Å². The molecule has 3 nitrogen and oxygen atoms in total. The van der Waals surface area contributed by atoms with Gasteiger partial charge in [0.15, 0.2) is 11.5 Å². The fourth-order valence-electron chi connectivity index (χ4n) is 2.58. The predicted octanol–water partition coefficient (Wildman–Crippen LogP) is 3.33. The average Bonchev–Trinajstić information content (AvgIpc) is 3.20. The highest BCUT2D eigenvalue weighted by Crippen LogP contribution is 2.45. The fraction of sp³-hybridized carbons (Fsp3) is 0.600. The minimum Gasteiger partial charge on any atom is -0.489 e. The van der Waals surface area contributed by atoms with Crippen LogP contribution in [0, 0.1) is 5.92 Å². The van der Waals surface area contributed by atoms with Crippen molar-refractivity contribution < 1.29 is 9.47 Å². The van der Waals surface area contributed by atoms with E-state index < -0.39 is 0 Å². The Kier molecular flexibility index (Phi) is 3.06. The summed E-state index contributed by atoms with van der Waals surface area (Å²) in [6.45, 7) is 3.77. The first-order valence-corrected chi connectivity index (χ1v) is 6.97. The fourth-order valence-corrected chi connectivity index (χ4v) is 2.58. The van der Waals surface area contributed by atoms with Crippen molar-refractivity contribution in [1.82, 2.24) is 0 Å². The van der Waals surface area contributed by atoms with Gasteiger partial charge in [-0.3, -0.25) is 0 Å². The maximum Gasteiger partial charge on any atom is 0.184 e. The first-order valence-electron chi connectivity index (χ1n) is 6.97. The molecule has 1 saturated carbocycles. The highest BCUT2D eigenvalue weighted by molar-refractivity contribution is 5.64. The zero-order chi connectivity index (χ0) is 12.5. The molecular weight excluding hydrogens is 226 g/mol. The lowest BCUT2D eigenvalue weighted by molar-refractivity contribution is 0.233. The first kappa shape index (κ1) is 11.7. The third-order valence-corrected chi connectivity index (χ3v) is 3.98. The number of benzene rings is 1. The van der Waals surface area contributed by atoms with Gasteiger partial charge in [-0.05, 0) is 43.6 Å². The number of ether oxygens (including phenoxy) is 2. The van der Waals surface area contributed by atoms with Gasteiger partial charge in [-0.15, -0.1) is 0 Å². The van der Waals surface area contributed by atoms with Gasteiger partial charge in [-0.1, -0.05) is 13.0 Å². The Labute approximate surface area is 108 Å². The Morgan fingerprint density at radius 2 is 2.17 bits per heavy atom. The van der Waals surface area contributed by atoms with E-state index in [1.165, 1.54) is 18.4 Å². The molecule has 98 valence electrons. The van der Waals surface area contributed by atoms with Crippen LogP contribution in [0.3, 0.4) is 0 Å². The van der Waals surface area contributed by atoms with Crippen LogP contribution in [-0.2, 0) is 0 Å². The SMILES string of the molecule is CC[C@H]1CCOc2c1ccc(N)c2OCC1CC1. The maximum absolute atomic E-state index is 6.03. The van der Waals surface area contributed by atoms with Crippen molar-refractivity contribution in [2.45, 2.75) is 38.5 Å². The molecule has 3 heteroatoms. The molecule has 1 aliphatic carbocycles. The first-order chi connectivity index (χ1) is 8.79. The normalized spacial score (nSPS) is 22.2. The molecule has 0 spiro atoms. The van der Waals surface area contributed by atoms with Crippen LogP contribution in [0.25, 0.3) is 0 Å². The molecular formula is C15H21NO2. The Bertz CT molecular complexity index is 440. The number of nitrogen functional groups attached to an aromatic ring is 1. The van der Waals surface area contributed by atoms with Crippen LogP contribution in [0.4, 0.5) is 5.69 Å². The molecule has 0 amide bonds. The lowest BCUT2D eigenvalue weighted by Crippen LogP contribution is -2.16. The summed E-state index contributed by atoms with van der Waals surface area (Å²) in [5, 5.41) is 0. The van der Waals surface area contributed by atoms with Gasteiger partial charge in [0.1, 0.15) is 0 Å². The monoisotopic (exact) mass is 247 g/mol. The molecule has 1 aromatic rings. The summed E-state index contributed by atoms with van der Waals surface area (Å²) in [5.41, 5.74) is 8.00. The zero-order valence-corrected chi connectivity index (χ0v) is 10.9. The molecule has 0 radical (unpaired) electrons. The van der Waals surface area contributed by atoms with Gasteiger partial charge < -0.3 is 15.2 Å². The molecule has 1 heterocycles. The van der Waals surface area contributed by atoms with Crippen molar-refractivity contribution in [2.75, 3.05) is 18.9 Å². The maximum atomic E-state index is 6.03. The molecule has 18 heavy (non-hydrogen) atoms. The van der Waals surface area contributed by atoms with E-state index in [1.807, 2.05) is 6.07 Å². The summed E-state index contributed by atoms with van der Waals surface area (Å²) < 4.78 is 11.7. The van der Waals surface area contributed by atoms with E-state index in [0.717, 1.165) is 43.5 Å². The third-order valence-electron chi connectivity index (χ3n) is 3.98. The van der Waals surface area contributed by atoms with Gasteiger partial charge in [0, 0.05) is 5.56 Å². The second kappa shape index (κ2) is 4.71. The molecule has 1 aliphatic heterocycles. The topological polar surface area (TPSA) is 44.5 Å². The molecule has 1 aromatic carbocycles. The van der Waals surface area contributed by atoms with Gasteiger partial charge in [0.05, 0.1) is 18.9 Å². The van der Waals surface area contributed by atoms with Gasteiger partial charge in [-0.25, -0.2) is 0 Å². The quantitative estimate of drug-likeness (QED) is 0.830. The molecule has 2 aliphatic rings. The lowest BCUT2D eigenvalue weighted by atomic mass is 9.90. The summed E-state index contributed by atoms with van der Waals surface area (Å²) in [6, 6.07) is 4.06. The molecule has 1 atom stereocenters. The molecule has 2 N–H and O–H groups in total. The third kappa shape index (κ3) is 2.14. The van der Waals surface area contributed by atoms with E-state index >= 15 is 0 Å². The van der Waals surface area contributed by atoms with Crippen molar-refractivity contribution in [3.63, 3.8) is 0 Å². The van der Waals surface area contributed by atoms with Crippen LogP contribution in [-0.4, -0.2) is 13.2 Å². The van der Waals surface area contributed by atoms with Crippen LogP contribution in [0.15, 0.2) is 12.1 Å². The summed E-state index contributed by atoms with van der Waals surface area (Å²) in [5.74, 6) is 2.98. The zero-order valence-electron chi connectivity index (χ0n) is 10.9. The molecule has 3 rings (SSSR count). The van der Waals surface area contributed by atoms with Crippen molar-refractivity contribution in [2.24, 2.45) is 5.92 Å². The number of hydrogen-bond acceptors (Lipinski definition) is 3. The standard InChI is InChI=1S/C15H21NO2/c1-2-11-7-8-17-14-12(11)5-6-13(16)15(14)18-9-10-3-4-10/h5-6,10-11H,2-4,7-9,16H2,1H3/t11-/m0/s1. The van der Waals surface area contributed by atoms with E-state index in [9.17, 15) is 0 Å². The van der Waals surface area contributed by atoms with Crippen molar-refractivity contribution >= 4 is 5.69 Å². The van der Waals surface area contributed by atoms with Crippen LogP contribution in [0.2, 0.25) is 0 Å². The number of anilines is 1. The Hall–Kier alpha value is -1.38. The second-order valence-electron chi connectivity index (χ2n) is 5.40. The number of rotatable bonds is 4. The second-order valence-corrected chi connectivity index (χ2v) is 5.40. The summed E-state index contributed by atoms with van der Waals surface area (Å²) >= 11 is 0. The summed E-state index contributed by atoms with van der Waals surface area (Å²) in [6.07, 6.45) is 4.80. The highest BCUT2D eigenvalue weighted by Gasteiger charge is 2.27. The number of fused-ring (bicyclic) bond motifs is 1. The minimum absolute atomic E-state index is 0.581. The number of hydrogen-bond donors (Lipinski definition) is 1. The molecule has 0 bridgehead atoms. The Morgan fingerprint density at radius 3 is 2.89 bits per heavy atom. The Balaban J connectivity index is 1.90. The van der Waals surface area contributed by atoms with E-state index in [0.29, 0.717) is 11.6 Å².